The molecule has 0 spiro atoms. The van der Waals surface area contributed by atoms with Gasteiger partial charge in [-0.1, -0.05) is 30.3 Å². The second kappa shape index (κ2) is 8.31. The van der Waals surface area contributed by atoms with Gasteiger partial charge in [0.05, 0.1) is 12.3 Å². The van der Waals surface area contributed by atoms with Crippen molar-refractivity contribution in [1.29, 1.82) is 0 Å². The third kappa shape index (κ3) is 4.41. The first-order valence-electron chi connectivity index (χ1n) is 8.71. The number of amides is 1. The van der Waals surface area contributed by atoms with Gasteiger partial charge in [0.1, 0.15) is 11.4 Å². The van der Waals surface area contributed by atoms with E-state index in [4.69, 9.17) is 4.74 Å². The van der Waals surface area contributed by atoms with Crippen LogP contribution in [0.2, 0.25) is 0 Å². The number of hydrogen-bond donors (Lipinski definition) is 0. The molecule has 1 aromatic heterocycles. The quantitative estimate of drug-likeness (QED) is 0.675. The van der Waals surface area contributed by atoms with Crippen molar-refractivity contribution in [2.75, 3.05) is 13.7 Å². The monoisotopic (exact) mass is 363 g/mol. The van der Waals surface area contributed by atoms with E-state index in [-0.39, 0.29) is 17.2 Å². The number of carbonyl (C=O) groups is 1. The summed E-state index contributed by atoms with van der Waals surface area (Å²) >= 11 is 0. The lowest BCUT2D eigenvalue weighted by atomic mass is 10.2. The predicted octanol–water partition coefficient (Wildman–Crippen LogP) is 2.90. The van der Waals surface area contributed by atoms with Crippen LogP contribution in [0.1, 0.15) is 23.0 Å². The van der Waals surface area contributed by atoms with Crippen LogP contribution in [-0.2, 0) is 6.54 Å². The fourth-order valence-electron chi connectivity index (χ4n) is 2.68. The number of nitrogens with zero attached hydrogens (tertiary/aromatic N) is 3. The minimum Gasteiger partial charge on any atom is -0.494 e. The van der Waals surface area contributed by atoms with Crippen LogP contribution < -0.4 is 10.3 Å². The molecule has 0 fully saturated rings. The number of para-hydroxylation sites is 1. The standard InChI is InChI=1S/C21H21N3O3/c1-3-27-18-11-9-16(10-12-18)15-23(2)21(26)19-13-14-20(25)24(22-19)17-7-5-4-6-8-17/h4-14H,3,15H2,1-2H3. The predicted molar refractivity (Wildman–Crippen MR) is 103 cm³/mol. The Labute approximate surface area is 157 Å². The minimum absolute atomic E-state index is 0.215. The van der Waals surface area contributed by atoms with Crippen LogP contribution >= 0.6 is 0 Å². The first-order valence-corrected chi connectivity index (χ1v) is 8.71. The van der Waals surface area contributed by atoms with Gasteiger partial charge in [0.15, 0.2) is 0 Å². The number of hydrogen-bond acceptors (Lipinski definition) is 4. The number of benzene rings is 2. The average molecular weight is 363 g/mol. The maximum absolute atomic E-state index is 12.7. The maximum Gasteiger partial charge on any atom is 0.274 e. The molecule has 138 valence electrons. The Morgan fingerprint density at radius 3 is 2.41 bits per heavy atom. The first-order chi connectivity index (χ1) is 13.1. The molecule has 0 aliphatic rings. The molecule has 1 heterocycles. The Morgan fingerprint density at radius 1 is 1.04 bits per heavy atom. The molecule has 0 aliphatic carbocycles. The van der Waals surface area contributed by atoms with Crippen LogP contribution in [0.3, 0.4) is 0 Å². The Bertz CT molecular complexity index is 966. The topological polar surface area (TPSA) is 64.4 Å². The number of ether oxygens (including phenoxy) is 1. The van der Waals surface area contributed by atoms with Crippen molar-refractivity contribution in [3.05, 3.63) is 88.3 Å². The van der Waals surface area contributed by atoms with Crippen LogP contribution in [0.25, 0.3) is 5.69 Å². The van der Waals surface area contributed by atoms with Crippen molar-refractivity contribution in [3.8, 4) is 11.4 Å². The Morgan fingerprint density at radius 2 is 1.74 bits per heavy atom. The van der Waals surface area contributed by atoms with E-state index in [9.17, 15) is 9.59 Å². The molecule has 0 unspecified atom stereocenters. The third-order valence-electron chi connectivity index (χ3n) is 4.02. The van der Waals surface area contributed by atoms with Crippen molar-refractivity contribution < 1.29 is 9.53 Å². The summed E-state index contributed by atoms with van der Waals surface area (Å²) in [5, 5.41) is 4.24. The zero-order valence-corrected chi connectivity index (χ0v) is 15.3. The zero-order chi connectivity index (χ0) is 19.2. The second-order valence-corrected chi connectivity index (χ2v) is 6.04. The highest BCUT2D eigenvalue weighted by atomic mass is 16.5. The molecule has 2 aromatic carbocycles. The van der Waals surface area contributed by atoms with E-state index < -0.39 is 0 Å². The first kappa shape index (κ1) is 18.4. The molecule has 0 atom stereocenters. The molecule has 6 nitrogen and oxygen atoms in total. The van der Waals surface area contributed by atoms with Gasteiger partial charge in [0.25, 0.3) is 11.5 Å². The van der Waals surface area contributed by atoms with Gasteiger partial charge >= 0.3 is 0 Å². The van der Waals surface area contributed by atoms with E-state index >= 15 is 0 Å². The highest BCUT2D eigenvalue weighted by molar-refractivity contribution is 5.91. The van der Waals surface area contributed by atoms with Gasteiger partial charge < -0.3 is 9.64 Å². The summed E-state index contributed by atoms with van der Waals surface area (Å²) in [7, 11) is 1.71. The molecule has 0 saturated heterocycles. The Balaban J connectivity index is 1.78. The number of carbonyl (C=O) groups excluding carboxylic acids is 1. The fourth-order valence-corrected chi connectivity index (χ4v) is 2.68. The molecule has 27 heavy (non-hydrogen) atoms. The normalized spacial score (nSPS) is 10.4. The van der Waals surface area contributed by atoms with Gasteiger partial charge in [-0.15, -0.1) is 0 Å². The van der Waals surface area contributed by atoms with Gasteiger partial charge in [-0.3, -0.25) is 9.59 Å². The van der Waals surface area contributed by atoms with Crippen LogP contribution in [0, 0.1) is 0 Å². The highest BCUT2D eigenvalue weighted by Gasteiger charge is 2.15. The fraction of sp³-hybridized carbons (Fsp3) is 0.190. The van der Waals surface area contributed by atoms with Crippen molar-refractivity contribution in [2.45, 2.75) is 13.5 Å². The smallest absolute Gasteiger partial charge is 0.274 e. The average Bonchev–Trinajstić information content (AvgIpc) is 2.70. The van der Waals surface area contributed by atoms with Gasteiger partial charge in [0.2, 0.25) is 0 Å². The molecule has 0 bridgehead atoms. The van der Waals surface area contributed by atoms with Gasteiger partial charge in [-0.2, -0.15) is 9.78 Å². The molecule has 1 amide bonds. The zero-order valence-electron chi connectivity index (χ0n) is 15.3. The summed E-state index contributed by atoms with van der Waals surface area (Å²) in [6, 6.07) is 19.5. The van der Waals surface area contributed by atoms with Crippen LogP contribution in [0.4, 0.5) is 0 Å². The van der Waals surface area contributed by atoms with Crippen molar-refractivity contribution in [3.63, 3.8) is 0 Å². The van der Waals surface area contributed by atoms with Crippen LogP contribution in [-0.4, -0.2) is 34.2 Å². The molecular formula is C21H21N3O3. The van der Waals surface area contributed by atoms with E-state index in [1.807, 2.05) is 49.4 Å². The SMILES string of the molecule is CCOc1ccc(CN(C)C(=O)c2ccc(=O)n(-c3ccccc3)n2)cc1. The van der Waals surface area contributed by atoms with Gasteiger partial charge in [-0.25, -0.2) is 0 Å². The summed E-state index contributed by atoms with van der Waals surface area (Å²) in [6.45, 7) is 2.97. The molecule has 0 aliphatic heterocycles. The third-order valence-corrected chi connectivity index (χ3v) is 4.02. The van der Waals surface area contributed by atoms with E-state index in [2.05, 4.69) is 5.10 Å². The summed E-state index contributed by atoms with van der Waals surface area (Å²) in [5.74, 6) is 0.542. The minimum atomic E-state index is -0.285. The number of aromatic nitrogens is 2. The largest absolute Gasteiger partial charge is 0.494 e. The van der Waals surface area contributed by atoms with E-state index in [1.165, 1.54) is 16.8 Å². The molecule has 3 aromatic rings. The lowest BCUT2D eigenvalue weighted by Gasteiger charge is -2.17. The molecule has 0 radical (unpaired) electrons. The molecule has 3 rings (SSSR count). The Hall–Kier alpha value is -3.41. The number of rotatable bonds is 6. The molecular weight excluding hydrogens is 342 g/mol. The summed E-state index contributed by atoms with van der Waals surface area (Å²) in [6.07, 6.45) is 0. The second-order valence-electron chi connectivity index (χ2n) is 6.04. The van der Waals surface area contributed by atoms with Gasteiger partial charge in [-0.05, 0) is 42.8 Å². The van der Waals surface area contributed by atoms with Crippen molar-refractivity contribution >= 4 is 5.91 Å². The molecule has 0 N–H and O–H groups in total. The highest BCUT2D eigenvalue weighted by Crippen LogP contribution is 2.14. The summed E-state index contributed by atoms with van der Waals surface area (Å²) in [5.41, 5.74) is 1.52. The summed E-state index contributed by atoms with van der Waals surface area (Å²) < 4.78 is 6.66. The van der Waals surface area contributed by atoms with Crippen LogP contribution in [0.5, 0.6) is 5.75 Å². The van der Waals surface area contributed by atoms with E-state index in [0.717, 1.165) is 11.3 Å². The maximum atomic E-state index is 12.7. The summed E-state index contributed by atoms with van der Waals surface area (Å²) in [4.78, 5) is 26.4. The van der Waals surface area contributed by atoms with Gasteiger partial charge in [0, 0.05) is 19.7 Å². The van der Waals surface area contributed by atoms with Crippen molar-refractivity contribution in [1.82, 2.24) is 14.7 Å². The molecule has 0 saturated carbocycles. The van der Waals surface area contributed by atoms with Crippen LogP contribution in [0.15, 0.2) is 71.5 Å². The lowest BCUT2D eigenvalue weighted by Crippen LogP contribution is -2.30. The van der Waals surface area contributed by atoms with E-state index in [0.29, 0.717) is 18.8 Å². The van der Waals surface area contributed by atoms with Crippen molar-refractivity contribution in [2.24, 2.45) is 0 Å². The lowest BCUT2D eigenvalue weighted by molar-refractivity contribution is 0.0777. The Kier molecular flexibility index (Phi) is 5.66. The van der Waals surface area contributed by atoms with E-state index in [1.54, 1.807) is 24.1 Å². The molecule has 6 heteroatoms.